The SMILES string of the molecule is CCN(C)C(=O)CN1CCCC(CNCCOC)C1. The monoisotopic (exact) mass is 271 g/mol. The average molecular weight is 271 g/mol. The van der Waals surface area contributed by atoms with Gasteiger partial charge in [0, 0.05) is 33.8 Å². The Balaban J connectivity index is 2.24. The van der Waals surface area contributed by atoms with E-state index >= 15 is 0 Å². The van der Waals surface area contributed by atoms with E-state index in [1.807, 2.05) is 14.0 Å². The quantitative estimate of drug-likeness (QED) is 0.650. The molecule has 1 aliphatic heterocycles. The zero-order valence-corrected chi connectivity index (χ0v) is 12.7. The smallest absolute Gasteiger partial charge is 0.236 e. The van der Waals surface area contributed by atoms with E-state index in [9.17, 15) is 4.79 Å². The Labute approximate surface area is 117 Å². The second kappa shape index (κ2) is 9.28. The van der Waals surface area contributed by atoms with E-state index in [0.717, 1.165) is 39.3 Å². The van der Waals surface area contributed by atoms with Crippen LogP contribution >= 0.6 is 0 Å². The lowest BCUT2D eigenvalue weighted by Gasteiger charge is -2.33. The highest BCUT2D eigenvalue weighted by Crippen LogP contribution is 2.15. The number of hydrogen-bond acceptors (Lipinski definition) is 4. The molecule has 19 heavy (non-hydrogen) atoms. The number of carbonyl (C=O) groups excluding carboxylic acids is 1. The Morgan fingerprint density at radius 2 is 2.32 bits per heavy atom. The van der Waals surface area contributed by atoms with E-state index in [4.69, 9.17) is 4.74 Å². The molecular formula is C14H29N3O2. The molecule has 0 aromatic carbocycles. The minimum atomic E-state index is 0.232. The minimum absolute atomic E-state index is 0.232. The van der Waals surface area contributed by atoms with Crippen LogP contribution in [0.15, 0.2) is 0 Å². The van der Waals surface area contributed by atoms with Crippen LogP contribution in [0.5, 0.6) is 0 Å². The third-order valence-corrected chi connectivity index (χ3v) is 3.78. The second-order valence-corrected chi connectivity index (χ2v) is 5.35. The molecule has 0 aromatic rings. The summed E-state index contributed by atoms with van der Waals surface area (Å²) < 4.78 is 5.02. The highest BCUT2D eigenvalue weighted by molar-refractivity contribution is 5.77. The fourth-order valence-electron chi connectivity index (χ4n) is 2.43. The normalized spacial score (nSPS) is 20.5. The van der Waals surface area contributed by atoms with Gasteiger partial charge >= 0.3 is 0 Å². The van der Waals surface area contributed by atoms with E-state index in [-0.39, 0.29) is 5.91 Å². The summed E-state index contributed by atoms with van der Waals surface area (Å²) in [5.41, 5.74) is 0. The van der Waals surface area contributed by atoms with Crippen LogP contribution in [0, 0.1) is 5.92 Å². The molecule has 1 unspecified atom stereocenters. The molecule has 5 nitrogen and oxygen atoms in total. The summed E-state index contributed by atoms with van der Waals surface area (Å²) in [7, 11) is 3.59. The molecule has 0 saturated carbocycles. The number of nitrogens with one attached hydrogen (secondary N) is 1. The van der Waals surface area contributed by atoms with Crippen molar-refractivity contribution in [3.63, 3.8) is 0 Å². The number of likely N-dealkylation sites (N-methyl/N-ethyl adjacent to an activating group) is 1. The summed E-state index contributed by atoms with van der Waals surface area (Å²) in [6.07, 6.45) is 2.45. The third kappa shape index (κ3) is 6.36. The van der Waals surface area contributed by atoms with E-state index in [2.05, 4.69) is 10.2 Å². The number of methoxy groups -OCH3 is 1. The molecule has 1 rings (SSSR count). The van der Waals surface area contributed by atoms with Crippen LogP contribution in [-0.4, -0.2) is 75.7 Å². The van der Waals surface area contributed by atoms with Gasteiger partial charge in [-0.2, -0.15) is 0 Å². The van der Waals surface area contributed by atoms with Gasteiger partial charge in [-0.25, -0.2) is 0 Å². The maximum absolute atomic E-state index is 11.9. The summed E-state index contributed by atoms with van der Waals surface area (Å²) >= 11 is 0. The fourth-order valence-corrected chi connectivity index (χ4v) is 2.43. The second-order valence-electron chi connectivity index (χ2n) is 5.35. The number of likely N-dealkylation sites (tertiary alicyclic amines) is 1. The Bertz CT molecular complexity index is 261. The van der Waals surface area contributed by atoms with E-state index in [0.29, 0.717) is 12.5 Å². The topological polar surface area (TPSA) is 44.8 Å². The van der Waals surface area contributed by atoms with Crippen molar-refractivity contribution in [3.8, 4) is 0 Å². The number of nitrogens with zero attached hydrogens (tertiary/aromatic N) is 2. The largest absolute Gasteiger partial charge is 0.383 e. The van der Waals surface area contributed by atoms with Crippen molar-refractivity contribution in [2.75, 3.05) is 60.0 Å². The Kier molecular flexibility index (Phi) is 8.02. The Hall–Kier alpha value is -0.650. The van der Waals surface area contributed by atoms with E-state index in [1.54, 1.807) is 12.0 Å². The number of carbonyl (C=O) groups is 1. The fraction of sp³-hybridized carbons (Fsp3) is 0.929. The minimum Gasteiger partial charge on any atom is -0.383 e. The lowest BCUT2D eigenvalue weighted by molar-refractivity contribution is -0.131. The van der Waals surface area contributed by atoms with Gasteiger partial charge in [-0.3, -0.25) is 9.69 Å². The molecule has 1 aliphatic rings. The highest BCUT2D eigenvalue weighted by Gasteiger charge is 2.22. The summed E-state index contributed by atoms with van der Waals surface area (Å²) in [4.78, 5) is 16.0. The predicted octanol–water partition coefficient (Wildman–Crippen LogP) is 0.413. The molecule has 1 saturated heterocycles. The van der Waals surface area contributed by atoms with Gasteiger partial charge in [-0.15, -0.1) is 0 Å². The van der Waals surface area contributed by atoms with Crippen LogP contribution in [0.25, 0.3) is 0 Å². The lowest BCUT2D eigenvalue weighted by Crippen LogP contribution is -2.45. The van der Waals surface area contributed by atoms with Crippen molar-refractivity contribution in [2.45, 2.75) is 19.8 Å². The van der Waals surface area contributed by atoms with Crippen molar-refractivity contribution in [1.29, 1.82) is 0 Å². The summed E-state index contributed by atoms with van der Waals surface area (Å²) in [6, 6.07) is 0. The van der Waals surface area contributed by atoms with E-state index in [1.165, 1.54) is 12.8 Å². The summed E-state index contributed by atoms with van der Waals surface area (Å²) in [5.74, 6) is 0.890. The molecule has 1 atom stereocenters. The van der Waals surface area contributed by atoms with Crippen LogP contribution in [-0.2, 0) is 9.53 Å². The first-order valence-corrected chi connectivity index (χ1v) is 7.33. The number of rotatable bonds is 8. The molecule has 0 aliphatic carbocycles. The summed E-state index contributed by atoms with van der Waals surface area (Å²) in [5, 5.41) is 3.42. The first-order valence-electron chi connectivity index (χ1n) is 7.33. The maximum atomic E-state index is 11.9. The van der Waals surface area contributed by atoms with Crippen LogP contribution in [0.3, 0.4) is 0 Å². The van der Waals surface area contributed by atoms with Gasteiger partial charge in [0.25, 0.3) is 0 Å². The first-order chi connectivity index (χ1) is 9.17. The molecule has 5 heteroatoms. The van der Waals surface area contributed by atoms with Gasteiger partial charge in [0.1, 0.15) is 0 Å². The lowest BCUT2D eigenvalue weighted by atomic mass is 9.98. The number of hydrogen-bond donors (Lipinski definition) is 1. The number of ether oxygens (including phenoxy) is 1. The zero-order chi connectivity index (χ0) is 14.1. The molecular weight excluding hydrogens is 242 g/mol. The van der Waals surface area contributed by atoms with Crippen molar-refractivity contribution in [2.24, 2.45) is 5.92 Å². The molecule has 1 N–H and O–H groups in total. The van der Waals surface area contributed by atoms with Crippen LogP contribution in [0.1, 0.15) is 19.8 Å². The molecule has 112 valence electrons. The zero-order valence-electron chi connectivity index (χ0n) is 12.7. The van der Waals surface area contributed by atoms with Gasteiger partial charge in [-0.1, -0.05) is 0 Å². The van der Waals surface area contributed by atoms with Crippen LogP contribution in [0.2, 0.25) is 0 Å². The summed E-state index contributed by atoms with van der Waals surface area (Å²) in [6.45, 7) is 8.14. The highest BCUT2D eigenvalue weighted by atomic mass is 16.5. The van der Waals surface area contributed by atoms with Crippen molar-refractivity contribution < 1.29 is 9.53 Å². The Morgan fingerprint density at radius 1 is 1.53 bits per heavy atom. The first kappa shape index (κ1) is 16.4. The maximum Gasteiger partial charge on any atom is 0.236 e. The van der Waals surface area contributed by atoms with Gasteiger partial charge in [0.05, 0.1) is 13.2 Å². The molecule has 0 aromatic heterocycles. The predicted molar refractivity (Wildman–Crippen MR) is 77.2 cm³/mol. The van der Waals surface area contributed by atoms with Gasteiger partial charge in [0.15, 0.2) is 0 Å². The molecule has 1 heterocycles. The molecule has 0 radical (unpaired) electrons. The molecule has 0 spiro atoms. The molecule has 1 fully saturated rings. The van der Waals surface area contributed by atoms with Gasteiger partial charge in [0.2, 0.25) is 5.91 Å². The molecule has 1 amide bonds. The van der Waals surface area contributed by atoms with Crippen LogP contribution < -0.4 is 5.32 Å². The standard InChI is InChI=1S/C14H29N3O2/c1-4-16(2)14(18)12-17-8-5-6-13(11-17)10-15-7-9-19-3/h13,15H,4-12H2,1-3H3. The van der Waals surface area contributed by atoms with Crippen LogP contribution in [0.4, 0.5) is 0 Å². The van der Waals surface area contributed by atoms with Gasteiger partial charge in [-0.05, 0) is 38.8 Å². The number of piperidine rings is 1. The van der Waals surface area contributed by atoms with Crippen molar-refractivity contribution >= 4 is 5.91 Å². The van der Waals surface area contributed by atoms with E-state index < -0.39 is 0 Å². The average Bonchev–Trinajstić information content (AvgIpc) is 2.43. The van der Waals surface area contributed by atoms with Crippen molar-refractivity contribution in [1.82, 2.24) is 15.1 Å². The number of amides is 1. The third-order valence-electron chi connectivity index (χ3n) is 3.78. The Morgan fingerprint density at radius 3 is 3.00 bits per heavy atom. The van der Waals surface area contributed by atoms with Gasteiger partial charge < -0.3 is 15.0 Å². The van der Waals surface area contributed by atoms with Crippen molar-refractivity contribution in [3.05, 3.63) is 0 Å². The molecule has 0 bridgehead atoms.